The summed E-state index contributed by atoms with van der Waals surface area (Å²) in [6.07, 6.45) is 0. The van der Waals surface area contributed by atoms with Gasteiger partial charge in [0, 0.05) is 5.69 Å². The average Bonchev–Trinajstić information content (AvgIpc) is 2.36. The number of nitrogens with one attached hydrogen (secondary N) is 1. The van der Waals surface area contributed by atoms with E-state index in [1.165, 1.54) is 24.3 Å². The van der Waals surface area contributed by atoms with E-state index in [4.69, 9.17) is 34.8 Å². The standard InChI is InChI=1S/C13H8Cl3NO2/c14-10-4-2-8(18)6-9(10)13(19)17-7-1-3-11(15)12(16)5-7/h1-6,18H,(H,17,19). The molecule has 0 bridgehead atoms. The lowest BCUT2D eigenvalue weighted by molar-refractivity contribution is 0.102. The zero-order valence-corrected chi connectivity index (χ0v) is 11.7. The highest BCUT2D eigenvalue weighted by Gasteiger charge is 2.12. The van der Waals surface area contributed by atoms with E-state index in [1.54, 1.807) is 12.1 Å². The minimum absolute atomic E-state index is 0.0383. The summed E-state index contributed by atoms with van der Waals surface area (Å²) in [7, 11) is 0. The lowest BCUT2D eigenvalue weighted by Gasteiger charge is -2.08. The highest BCUT2D eigenvalue weighted by molar-refractivity contribution is 6.42. The molecule has 0 saturated carbocycles. The van der Waals surface area contributed by atoms with E-state index in [-0.39, 0.29) is 16.3 Å². The monoisotopic (exact) mass is 315 g/mol. The van der Waals surface area contributed by atoms with Crippen molar-refractivity contribution in [1.29, 1.82) is 0 Å². The first-order chi connectivity index (χ1) is 8.97. The molecule has 2 N–H and O–H groups in total. The van der Waals surface area contributed by atoms with Crippen molar-refractivity contribution in [3.05, 3.63) is 57.0 Å². The fourth-order valence-electron chi connectivity index (χ4n) is 1.46. The van der Waals surface area contributed by atoms with Crippen LogP contribution in [-0.2, 0) is 0 Å². The van der Waals surface area contributed by atoms with Gasteiger partial charge in [0.1, 0.15) is 5.75 Å². The number of carbonyl (C=O) groups is 1. The van der Waals surface area contributed by atoms with E-state index in [0.29, 0.717) is 15.7 Å². The lowest BCUT2D eigenvalue weighted by atomic mass is 10.2. The molecule has 1 amide bonds. The molecular formula is C13H8Cl3NO2. The molecule has 3 nitrogen and oxygen atoms in total. The van der Waals surface area contributed by atoms with E-state index < -0.39 is 5.91 Å². The summed E-state index contributed by atoms with van der Waals surface area (Å²) in [6, 6.07) is 8.85. The van der Waals surface area contributed by atoms with Gasteiger partial charge in [-0.25, -0.2) is 0 Å². The molecule has 0 saturated heterocycles. The maximum atomic E-state index is 12.0. The summed E-state index contributed by atoms with van der Waals surface area (Å²) in [5, 5.41) is 13.0. The van der Waals surface area contributed by atoms with Crippen LogP contribution in [-0.4, -0.2) is 11.0 Å². The maximum Gasteiger partial charge on any atom is 0.257 e. The molecule has 0 heterocycles. The van der Waals surface area contributed by atoms with Crippen LogP contribution in [0.1, 0.15) is 10.4 Å². The Morgan fingerprint density at radius 2 is 1.63 bits per heavy atom. The number of aromatic hydroxyl groups is 1. The Morgan fingerprint density at radius 1 is 0.947 bits per heavy atom. The predicted molar refractivity (Wildman–Crippen MR) is 77.5 cm³/mol. The fourth-order valence-corrected chi connectivity index (χ4v) is 1.96. The molecule has 0 aliphatic rings. The van der Waals surface area contributed by atoms with Gasteiger partial charge in [0.15, 0.2) is 0 Å². The van der Waals surface area contributed by atoms with Crippen molar-refractivity contribution in [2.45, 2.75) is 0 Å². The molecule has 98 valence electrons. The van der Waals surface area contributed by atoms with Crippen molar-refractivity contribution < 1.29 is 9.90 Å². The number of phenols is 1. The van der Waals surface area contributed by atoms with Gasteiger partial charge in [-0.05, 0) is 36.4 Å². The van der Waals surface area contributed by atoms with Gasteiger partial charge in [0.25, 0.3) is 5.91 Å². The van der Waals surface area contributed by atoms with Gasteiger partial charge in [-0.3, -0.25) is 4.79 Å². The number of amides is 1. The van der Waals surface area contributed by atoms with Crippen molar-refractivity contribution >= 4 is 46.4 Å². The second kappa shape index (κ2) is 5.70. The first-order valence-corrected chi connectivity index (χ1v) is 6.35. The molecular weight excluding hydrogens is 309 g/mol. The number of anilines is 1. The predicted octanol–water partition coefficient (Wildman–Crippen LogP) is 4.60. The van der Waals surface area contributed by atoms with Crippen LogP contribution in [0.3, 0.4) is 0 Å². The summed E-state index contributed by atoms with van der Waals surface area (Å²) in [4.78, 5) is 12.0. The third-order valence-electron chi connectivity index (χ3n) is 2.37. The van der Waals surface area contributed by atoms with E-state index in [9.17, 15) is 9.90 Å². The Balaban J connectivity index is 2.25. The Hall–Kier alpha value is -1.42. The molecule has 0 aliphatic carbocycles. The molecule has 2 aromatic rings. The van der Waals surface area contributed by atoms with Crippen LogP contribution in [0.2, 0.25) is 15.1 Å². The summed E-state index contributed by atoms with van der Waals surface area (Å²) in [5.74, 6) is -0.483. The van der Waals surface area contributed by atoms with E-state index in [2.05, 4.69) is 5.32 Å². The average molecular weight is 317 g/mol. The molecule has 0 aromatic heterocycles. The van der Waals surface area contributed by atoms with Crippen LogP contribution in [0.4, 0.5) is 5.69 Å². The maximum absolute atomic E-state index is 12.0. The summed E-state index contributed by atoms with van der Waals surface area (Å²) in [5.41, 5.74) is 0.659. The third-order valence-corrected chi connectivity index (χ3v) is 3.44. The minimum Gasteiger partial charge on any atom is -0.508 e. The number of benzene rings is 2. The summed E-state index contributed by atoms with van der Waals surface area (Å²) in [6.45, 7) is 0. The van der Waals surface area contributed by atoms with Gasteiger partial charge < -0.3 is 10.4 Å². The Morgan fingerprint density at radius 3 is 2.32 bits per heavy atom. The number of halogens is 3. The molecule has 2 rings (SSSR count). The molecule has 19 heavy (non-hydrogen) atoms. The fraction of sp³-hybridized carbons (Fsp3) is 0. The van der Waals surface area contributed by atoms with E-state index >= 15 is 0 Å². The van der Waals surface area contributed by atoms with Crippen LogP contribution >= 0.6 is 34.8 Å². The smallest absolute Gasteiger partial charge is 0.257 e. The SMILES string of the molecule is O=C(Nc1ccc(Cl)c(Cl)c1)c1cc(O)ccc1Cl. The van der Waals surface area contributed by atoms with E-state index in [1.807, 2.05) is 0 Å². The topological polar surface area (TPSA) is 49.3 Å². The molecule has 0 spiro atoms. The Kier molecular flexibility index (Phi) is 4.20. The molecule has 0 aliphatic heterocycles. The quantitative estimate of drug-likeness (QED) is 0.850. The van der Waals surface area contributed by atoms with Gasteiger partial charge in [0.05, 0.1) is 20.6 Å². The Labute approximate surface area is 124 Å². The summed E-state index contributed by atoms with van der Waals surface area (Å²) >= 11 is 17.5. The van der Waals surface area contributed by atoms with Crippen molar-refractivity contribution in [1.82, 2.24) is 0 Å². The van der Waals surface area contributed by atoms with Crippen LogP contribution in [0.5, 0.6) is 5.75 Å². The second-order valence-electron chi connectivity index (χ2n) is 3.75. The third kappa shape index (κ3) is 3.32. The molecule has 2 aromatic carbocycles. The van der Waals surface area contributed by atoms with Crippen molar-refractivity contribution in [2.75, 3.05) is 5.32 Å². The van der Waals surface area contributed by atoms with Gasteiger partial charge in [-0.2, -0.15) is 0 Å². The number of phenolic OH excluding ortho intramolecular Hbond substituents is 1. The number of rotatable bonds is 2. The van der Waals surface area contributed by atoms with Crippen LogP contribution in [0.25, 0.3) is 0 Å². The van der Waals surface area contributed by atoms with Crippen molar-refractivity contribution in [3.63, 3.8) is 0 Å². The van der Waals surface area contributed by atoms with Crippen molar-refractivity contribution in [2.24, 2.45) is 0 Å². The highest BCUT2D eigenvalue weighted by Crippen LogP contribution is 2.26. The van der Waals surface area contributed by atoms with Crippen LogP contribution < -0.4 is 5.32 Å². The largest absolute Gasteiger partial charge is 0.508 e. The minimum atomic E-state index is -0.445. The van der Waals surface area contributed by atoms with Crippen LogP contribution in [0, 0.1) is 0 Å². The molecule has 0 atom stereocenters. The zero-order valence-electron chi connectivity index (χ0n) is 9.45. The van der Waals surface area contributed by atoms with Gasteiger partial charge in [-0.15, -0.1) is 0 Å². The van der Waals surface area contributed by atoms with Gasteiger partial charge >= 0.3 is 0 Å². The molecule has 0 radical (unpaired) electrons. The zero-order chi connectivity index (χ0) is 14.0. The number of hydrogen-bond donors (Lipinski definition) is 2. The Bertz CT molecular complexity index is 644. The summed E-state index contributed by atoms with van der Waals surface area (Å²) < 4.78 is 0. The molecule has 6 heteroatoms. The van der Waals surface area contributed by atoms with Crippen LogP contribution in [0.15, 0.2) is 36.4 Å². The highest BCUT2D eigenvalue weighted by atomic mass is 35.5. The number of hydrogen-bond acceptors (Lipinski definition) is 2. The molecule has 0 unspecified atom stereocenters. The second-order valence-corrected chi connectivity index (χ2v) is 4.97. The first kappa shape index (κ1) is 14.0. The van der Waals surface area contributed by atoms with Gasteiger partial charge in [-0.1, -0.05) is 34.8 Å². The normalized spacial score (nSPS) is 10.3. The van der Waals surface area contributed by atoms with Crippen molar-refractivity contribution in [3.8, 4) is 5.75 Å². The number of carbonyl (C=O) groups excluding carboxylic acids is 1. The van der Waals surface area contributed by atoms with Gasteiger partial charge in [0.2, 0.25) is 0 Å². The first-order valence-electron chi connectivity index (χ1n) is 5.22. The lowest BCUT2D eigenvalue weighted by Crippen LogP contribution is -2.12. The molecule has 0 fully saturated rings. The van der Waals surface area contributed by atoms with E-state index in [0.717, 1.165) is 0 Å².